The highest BCUT2D eigenvalue weighted by Gasteiger charge is 2.24. The Bertz CT molecular complexity index is 209. The molecule has 0 radical (unpaired) electrons. The molecule has 1 aliphatic heterocycles. The van der Waals surface area contributed by atoms with Crippen molar-refractivity contribution < 1.29 is 4.79 Å². The van der Waals surface area contributed by atoms with Crippen molar-refractivity contribution in [1.29, 1.82) is 0 Å². The van der Waals surface area contributed by atoms with E-state index in [2.05, 4.69) is 10.6 Å². The van der Waals surface area contributed by atoms with Gasteiger partial charge in [-0.15, -0.1) is 11.8 Å². The predicted molar refractivity (Wildman–Crippen MR) is 63.9 cm³/mol. The molecule has 1 aliphatic carbocycles. The van der Waals surface area contributed by atoms with Crippen LogP contribution in [0.3, 0.4) is 0 Å². The monoisotopic (exact) mass is 228 g/mol. The van der Waals surface area contributed by atoms with E-state index in [0.717, 1.165) is 11.6 Å². The fourth-order valence-corrected chi connectivity index (χ4v) is 3.23. The van der Waals surface area contributed by atoms with Crippen LogP contribution in [0.1, 0.15) is 38.5 Å². The quantitative estimate of drug-likeness (QED) is 0.704. The van der Waals surface area contributed by atoms with Gasteiger partial charge in [-0.1, -0.05) is 25.7 Å². The van der Waals surface area contributed by atoms with Crippen LogP contribution in [0.15, 0.2) is 0 Å². The molecule has 2 rings (SSSR count). The number of hydrogen-bond donors (Lipinski definition) is 2. The van der Waals surface area contributed by atoms with Crippen molar-refractivity contribution in [2.75, 3.05) is 11.6 Å². The summed E-state index contributed by atoms with van der Waals surface area (Å²) in [6.07, 6.45) is 7.57. The standard InChI is InChI=1S/C11H20N2OS/c14-11(10-7-15-8-12-10)13-9-5-3-1-2-4-6-9/h9-10,12H,1-8H2,(H,13,14). The molecule has 1 atom stereocenters. The summed E-state index contributed by atoms with van der Waals surface area (Å²) >= 11 is 1.80. The fourth-order valence-electron chi connectivity index (χ4n) is 2.29. The Balaban J connectivity index is 1.76. The molecule has 1 saturated carbocycles. The van der Waals surface area contributed by atoms with Gasteiger partial charge in [0.1, 0.15) is 0 Å². The number of amides is 1. The number of rotatable bonds is 2. The number of nitrogens with one attached hydrogen (secondary N) is 2. The molecule has 86 valence electrons. The molecule has 2 fully saturated rings. The lowest BCUT2D eigenvalue weighted by Gasteiger charge is -2.18. The van der Waals surface area contributed by atoms with Crippen LogP contribution in [0.2, 0.25) is 0 Å². The summed E-state index contributed by atoms with van der Waals surface area (Å²) in [6.45, 7) is 0. The predicted octanol–water partition coefficient (Wildman–Crippen LogP) is 1.49. The molecule has 0 aromatic rings. The minimum absolute atomic E-state index is 0.0539. The molecule has 1 amide bonds. The molecule has 3 nitrogen and oxygen atoms in total. The van der Waals surface area contributed by atoms with Gasteiger partial charge in [0.15, 0.2) is 0 Å². The molecule has 1 saturated heterocycles. The first-order valence-electron chi connectivity index (χ1n) is 5.98. The SMILES string of the molecule is O=C(NC1CCCCCC1)C1CSCN1. The van der Waals surface area contributed by atoms with Crippen molar-refractivity contribution in [3.8, 4) is 0 Å². The number of carbonyl (C=O) groups excluding carboxylic acids is 1. The summed E-state index contributed by atoms with van der Waals surface area (Å²) in [6, 6.07) is 0.491. The van der Waals surface area contributed by atoms with E-state index in [1.54, 1.807) is 11.8 Å². The summed E-state index contributed by atoms with van der Waals surface area (Å²) in [5.41, 5.74) is 0. The first-order valence-corrected chi connectivity index (χ1v) is 7.13. The van der Waals surface area contributed by atoms with Gasteiger partial charge < -0.3 is 5.32 Å². The number of carbonyl (C=O) groups is 1. The van der Waals surface area contributed by atoms with E-state index >= 15 is 0 Å². The minimum atomic E-state index is 0.0539. The molecular formula is C11H20N2OS. The van der Waals surface area contributed by atoms with Crippen LogP contribution >= 0.6 is 11.8 Å². The second kappa shape index (κ2) is 5.75. The molecule has 0 bridgehead atoms. The van der Waals surface area contributed by atoms with Crippen LogP contribution in [-0.2, 0) is 4.79 Å². The molecular weight excluding hydrogens is 208 g/mol. The zero-order valence-corrected chi connectivity index (χ0v) is 9.94. The zero-order chi connectivity index (χ0) is 10.5. The molecule has 1 heterocycles. The maximum Gasteiger partial charge on any atom is 0.238 e. The van der Waals surface area contributed by atoms with E-state index in [1.165, 1.54) is 38.5 Å². The van der Waals surface area contributed by atoms with Crippen molar-refractivity contribution in [3.05, 3.63) is 0 Å². The van der Waals surface area contributed by atoms with Gasteiger partial charge in [-0.3, -0.25) is 10.1 Å². The molecule has 2 N–H and O–H groups in total. The maximum atomic E-state index is 11.8. The van der Waals surface area contributed by atoms with Gasteiger partial charge in [-0.2, -0.15) is 0 Å². The Kier molecular flexibility index (Phi) is 4.32. The fraction of sp³-hybridized carbons (Fsp3) is 0.909. The zero-order valence-electron chi connectivity index (χ0n) is 9.13. The Morgan fingerprint density at radius 2 is 1.93 bits per heavy atom. The Morgan fingerprint density at radius 1 is 1.20 bits per heavy atom. The molecule has 4 heteroatoms. The van der Waals surface area contributed by atoms with Gasteiger partial charge in [0.2, 0.25) is 5.91 Å². The molecule has 0 aromatic heterocycles. The first kappa shape index (κ1) is 11.3. The molecule has 15 heavy (non-hydrogen) atoms. The van der Waals surface area contributed by atoms with E-state index < -0.39 is 0 Å². The van der Waals surface area contributed by atoms with Crippen LogP contribution in [0.5, 0.6) is 0 Å². The van der Waals surface area contributed by atoms with E-state index in [4.69, 9.17) is 0 Å². The molecule has 1 unspecified atom stereocenters. The van der Waals surface area contributed by atoms with Crippen molar-refractivity contribution in [1.82, 2.24) is 10.6 Å². The summed E-state index contributed by atoms with van der Waals surface area (Å²) in [5.74, 6) is 2.06. The Morgan fingerprint density at radius 3 is 2.53 bits per heavy atom. The average molecular weight is 228 g/mol. The van der Waals surface area contributed by atoms with Gasteiger partial charge in [0, 0.05) is 17.7 Å². The second-order valence-electron chi connectivity index (χ2n) is 4.47. The highest BCUT2D eigenvalue weighted by Crippen LogP contribution is 2.18. The third-order valence-electron chi connectivity index (χ3n) is 3.23. The van der Waals surface area contributed by atoms with E-state index in [-0.39, 0.29) is 11.9 Å². The minimum Gasteiger partial charge on any atom is -0.352 e. The Hall–Kier alpha value is -0.220. The van der Waals surface area contributed by atoms with Crippen LogP contribution < -0.4 is 10.6 Å². The normalized spacial score (nSPS) is 28.7. The smallest absolute Gasteiger partial charge is 0.238 e. The highest BCUT2D eigenvalue weighted by atomic mass is 32.2. The van der Waals surface area contributed by atoms with E-state index in [0.29, 0.717) is 6.04 Å². The number of hydrogen-bond acceptors (Lipinski definition) is 3. The molecule has 0 aromatic carbocycles. The van der Waals surface area contributed by atoms with Crippen LogP contribution in [0.4, 0.5) is 0 Å². The number of thioether (sulfide) groups is 1. The van der Waals surface area contributed by atoms with Gasteiger partial charge in [-0.05, 0) is 12.8 Å². The van der Waals surface area contributed by atoms with Crippen molar-refractivity contribution in [3.63, 3.8) is 0 Å². The Labute approximate surface area is 95.8 Å². The largest absolute Gasteiger partial charge is 0.352 e. The van der Waals surface area contributed by atoms with Crippen LogP contribution in [0.25, 0.3) is 0 Å². The van der Waals surface area contributed by atoms with Gasteiger partial charge in [0.25, 0.3) is 0 Å². The van der Waals surface area contributed by atoms with Gasteiger partial charge in [0.05, 0.1) is 6.04 Å². The summed E-state index contributed by atoms with van der Waals surface area (Å²) in [7, 11) is 0. The van der Waals surface area contributed by atoms with Gasteiger partial charge in [-0.25, -0.2) is 0 Å². The van der Waals surface area contributed by atoms with Crippen molar-refractivity contribution in [2.24, 2.45) is 0 Å². The lowest BCUT2D eigenvalue weighted by Crippen LogP contribution is -2.46. The first-order chi connectivity index (χ1) is 7.36. The molecule has 2 aliphatic rings. The topological polar surface area (TPSA) is 41.1 Å². The lowest BCUT2D eigenvalue weighted by atomic mass is 10.1. The lowest BCUT2D eigenvalue weighted by molar-refractivity contribution is -0.123. The second-order valence-corrected chi connectivity index (χ2v) is 5.50. The summed E-state index contributed by atoms with van der Waals surface area (Å²) in [4.78, 5) is 11.8. The maximum absolute atomic E-state index is 11.8. The third-order valence-corrected chi connectivity index (χ3v) is 4.17. The summed E-state index contributed by atoms with van der Waals surface area (Å²) in [5, 5.41) is 6.40. The van der Waals surface area contributed by atoms with Crippen molar-refractivity contribution in [2.45, 2.75) is 50.6 Å². The molecule has 0 spiro atoms. The summed E-state index contributed by atoms with van der Waals surface area (Å²) < 4.78 is 0. The van der Waals surface area contributed by atoms with E-state index in [1.807, 2.05) is 0 Å². The van der Waals surface area contributed by atoms with Gasteiger partial charge >= 0.3 is 0 Å². The average Bonchev–Trinajstić information content (AvgIpc) is 2.65. The van der Waals surface area contributed by atoms with Crippen LogP contribution in [-0.4, -0.2) is 29.6 Å². The third kappa shape index (κ3) is 3.38. The van der Waals surface area contributed by atoms with Crippen molar-refractivity contribution >= 4 is 17.7 Å². The highest BCUT2D eigenvalue weighted by molar-refractivity contribution is 7.99. The van der Waals surface area contributed by atoms with Crippen LogP contribution in [0, 0.1) is 0 Å². The van der Waals surface area contributed by atoms with E-state index in [9.17, 15) is 4.79 Å².